The maximum atomic E-state index is 12.1. The molecule has 0 fully saturated rings. The number of thiophene rings is 1. The Labute approximate surface area is 712 Å². The molecule has 9 aliphatic rings. The lowest BCUT2D eigenvalue weighted by Crippen LogP contribution is -2.17. The van der Waals surface area contributed by atoms with E-state index in [0.717, 1.165) is 133 Å². The fourth-order valence-corrected chi connectivity index (χ4v) is 20.7. The lowest BCUT2D eigenvalue weighted by Gasteiger charge is -2.21. The average molecular weight is 1700 g/mol. The fraction of sp³-hybridized carbons (Fsp3) is 0.227. The van der Waals surface area contributed by atoms with Crippen molar-refractivity contribution in [3.05, 3.63) is 266 Å². The molecular weight excluding hydrogens is 1610 g/mol. The van der Waals surface area contributed by atoms with Gasteiger partial charge in [0.1, 0.15) is 39.9 Å². The lowest BCUT2D eigenvalue weighted by atomic mass is 10.00. The van der Waals surface area contributed by atoms with Gasteiger partial charge in [0.25, 0.3) is 0 Å². The van der Waals surface area contributed by atoms with E-state index in [0.29, 0.717) is 130 Å². The minimum Gasteiger partial charge on any atom is -0.492 e. The second kappa shape index (κ2) is 36.7. The number of hydrogen-bond donors (Lipinski definition) is 0. The third kappa shape index (κ3) is 18.0. The minimum atomic E-state index is 0.110. The number of para-hydroxylation sites is 3. The van der Waals surface area contributed by atoms with Crippen molar-refractivity contribution >= 4 is 186 Å². The number of furan rings is 1. The molecular formula is C97H80ClNO15S5. The zero-order valence-corrected chi connectivity index (χ0v) is 70.3. The average Bonchev–Trinajstić information content (AvgIpc) is 1.61. The quantitative estimate of drug-likeness (QED) is 0.149. The molecule has 23 rings (SSSR count). The largest absolute Gasteiger partial charge is 0.492 e. The molecule has 11 aromatic carbocycles. The Morgan fingerprint density at radius 1 is 0.303 bits per heavy atom. The van der Waals surface area contributed by atoms with Gasteiger partial charge in [0.2, 0.25) is 0 Å². The third-order valence-corrected chi connectivity index (χ3v) is 26.9. The van der Waals surface area contributed by atoms with Crippen LogP contribution in [0, 0.1) is 13.8 Å². The topological polar surface area (TPSA) is 218 Å². The van der Waals surface area contributed by atoms with E-state index in [-0.39, 0.29) is 46.3 Å². The molecule has 600 valence electrons. The highest BCUT2D eigenvalue weighted by atomic mass is 35.5. The lowest BCUT2D eigenvalue weighted by molar-refractivity contribution is 0.0922. The first kappa shape index (κ1) is 81.7. The van der Waals surface area contributed by atoms with Gasteiger partial charge in [-0.3, -0.25) is 43.2 Å². The van der Waals surface area contributed by atoms with E-state index in [4.69, 9.17) is 39.7 Å². The summed E-state index contributed by atoms with van der Waals surface area (Å²) in [6.45, 7) is 9.50. The van der Waals surface area contributed by atoms with Gasteiger partial charge in [-0.25, -0.2) is 0 Å². The summed E-state index contributed by atoms with van der Waals surface area (Å²) in [4.78, 5) is 109. The molecule has 0 amide bonds. The van der Waals surface area contributed by atoms with Gasteiger partial charge >= 0.3 is 0 Å². The van der Waals surface area contributed by atoms with Crippen LogP contribution in [0.15, 0.2) is 224 Å². The number of nitrogens with zero attached hydrogens (tertiary/aromatic N) is 1. The highest BCUT2D eigenvalue weighted by Crippen LogP contribution is 2.44. The van der Waals surface area contributed by atoms with Crippen molar-refractivity contribution in [2.45, 2.75) is 105 Å². The summed E-state index contributed by atoms with van der Waals surface area (Å²) in [7, 11) is 0. The molecule has 3 aromatic heterocycles. The molecule has 16 nitrogen and oxygen atoms in total. The first-order chi connectivity index (χ1) is 57.9. The number of Topliss-reactive ketones (excluding diaryl/α,β-unsaturated/α-hetero) is 9. The number of aromatic nitrogens is 1. The molecule has 9 aliphatic heterocycles. The molecule has 0 radical (unpaired) electrons. The molecule has 0 spiro atoms. The van der Waals surface area contributed by atoms with Gasteiger partial charge in [0.05, 0.1) is 60.9 Å². The molecule has 0 aliphatic carbocycles. The Morgan fingerprint density at radius 3 is 1.28 bits per heavy atom. The monoisotopic (exact) mass is 1690 g/mol. The maximum Gasteiger partial charge on any atom is 0.170 e. The summed E-state index contributed by atoms with van der Waals surface area (Å²) in [6.07, 6.45) is 4.96. The number of ether oxygens (including phenoxy) is 5. The standard InChI is InChI=1S/C17H15NOS.C15H10O2S.C15H10OS2.C12H10O3S.2C10H10O2.C9H7ClO2.C9H8O2/c1-2-18-14-6-4-3-5-11(14)12-10-17-13(9-15(12)18)16(19)7-8-20-17;16-12-5-6-18-15-8-10-9-3-1-2-4-13(9)17-14(10)7-11(12)15;16-12-5-6-17-14-7-10-9-3-1-2-4-13(9)18-15(10)8-11(12)14;13-9-1-3-15-11-5-8-10(14)2-4-16-12(8)6-7(9)11;2*1-7-2-3-10-8(6-7)9(11)4-5-12-10;10-6-1-2-9-7(5-6)8(11)3-4-12-9;10-8-5-6-11-9-4-2-1-3-7(8)9/h3-6,9-10H,2,7-8H2,1H3;2*1-4,7-8H,5-6H2;5-6H,1-4H2;2*2-3,6H,4-5H2,1H3;1-2,5H,3-4H2;1-4H,5-6H2. The molecule has 14 aromatic rings. The summed E-state index contributed by atoms with van der Waals surface area (Å²) >= 11 is 14.5. The number of rotatable bonds is 1. The van der Waals surface area contributed by atoms with Crippen molar-refractivity contribution in [1.82, 2.24) is 4.57 Å². The van der Waals surface area contributed by atoms with Gasteiger partial charge in [-0.2, -0.15) is 0 Å². The number of ketones is 9. The van der Waals surface area contributed by atoms with Crippen molar-refractivity contribution in [1.29, 1.82) is 0 Å². The second-order valence-corrected chi connectivity index (χ2v) is 35.3. The van der Waals surface area contributed by atoms with E-state index in [1.54, 1.807) is 88.7 Å². The summed E-state index contributed by atoms with van der Waals surface area (Å²) in [5, 5.41) is 7.94. The van der Waals surface area contributed by atoms with Crippen LogP contribution in [0.25, 0.3) is 63.9 Å². The first-order valence-electron chi connectivity index (χ1n) is 39.6. The molecule has 0 N–H and O–H groups in total. The number of carbonyl (C=O) groups is 9. The van der Waals surface area contributed by atoms with Crippen LogP contribution >= 0.6 is 70.0 Å². The summed E-state index contributed by atoms with van der Waals surface area (Å²) in [5.74, 6) is 8.68. The number of halogens is 1. The molecule has 0 bridgehead atoms. The number of hydrogen-bond acceptors (Lipinski definition) is 20. The predicted molar refractivity (Wildman–Crippen MR) is 476 cm³/mol. The summed E-state index contributed by atoms with van der Waals surface area (Å²) in [5.41, 5.74) is 13.1. The number of carbonyl (C=O) groups excluding carboxylic acids is 9. The van der Waals surface area contributed by atoms with Crippen molar-refractivity contribution in [3.63, 3.8) is 0 Å². The zero-order valence-electron chi connectivity index (χ0n) is 65.5. The van der Waals surface area contributed by atoms with Gasteiger partial charge in [-0.15, -0.1) is 58.4 Å². The van der Waals surface area contributed by atoms with Crippen LogP contribution in [0.1, 0.15) is 169 Å². The smallest absolute Gasteiger partial charge is 0.170 e. The molecule has 119 heavy (non-hydrogen) atoms. The van der Waals surface area contributed by atoms with Gasteiger partial charge < -0.3 is 32.7 Å². The summed E-state index contributed by atoms with van der Waals surface area (Å²) < 4.78 is 37.3. The van der Waals surface area contributed by atoms with Gasteiger partial charge in [0, 0.05) is 187 Å². The van der Waals surface area contributed by atoms with E-state index in [2.05, 4.69) is 96.4 Å². The summed E-state index contributed by atoms with van der Waals surface area (Å²) in [6, 6.07) is 64.9. The molecule has 0 atom stereocenters. The third-order valence-electron chi connectivity index (χ3n) is 21.3. The van der Waals surface area contributed by atoms with Gasteiger partial charge in [-0.1, -0.05) is 102 Å². The van der Waals surface area contributed by atoms with Gasteiger partial charge in [-0.05, 0) is 142 Å². The molecule has 12 heterocycles. The van der Waals surface area contributed by atoms with E-state index in [1.165, 1.54) is 42.0 Å². The van der Waals surface area contributed by atoms with Crippen molar-refractivity contribution < 1.29 is 71.3 Å². The van der Waals surface area contributed by atoms with Crippen molar-refractivity contribution in [2.24, 2.45) is 0 Å². The Kier molecular flexibility index (Phi) is 25.2. The van der Waals surface area contributed by atoms with Crippen LogP contribution < -0.4 is 23.7 Å². The first-order valence-corrected chi connectivity index (χ1v) is 44.7. The Morgan fingerprint density at radius 2 is 0.714 bits per heavy atom. The van der Waals surface area contributed by atoms with E-state index >= 15 is 0 Å². The number of benzene rings is 11. The fourth-order valence-electron chi connectivity index (χ4n) is 15.3. The van der Waals surface area contributed by atoms with Crippen LogP contribution in [-0.2, 0) is 6.54 Å². The minimum absolute atomic E-state index is 0.110. The van der Waals surface area contributed by atoms with E-state index < -0.39 is 0 Å². The van der Waals surface area contributed by atoms with Gasteiger partial charge in [0.15, 0.2) is 52.0 Å². The Bertz CT molecular complexity index is 6110. The number of fused-ring (bicyclic) bond motifs is 18. The SMILES string of the molecule is CCn1c2ccccc2c2cc3c(cc21)C(=O)CCS3.Cc1ccc2c(c1)C(=O)CCO2.Cc1ccc2c(c1)C(=O)CCO2.O=C1CCOc2cc3c(cc21)SCCC3=O.O=C1CCOc2ccc(Cl)cc21.O=C1CCOc2ccccc21.O=C1CCSc2cc3c(cc21)oc1ccccc13.O=C1CCSc2cc3c(cc21)sc1ccccc13. The highest BCUT2D eigenvalue weighted by molar-refractivity contribution is 8.00. The maximum absolute atomic E-state index is 12.1. The second-order valence-electron chi connectivity index (χ2n) is 29.2. The van der Waals surface area contributed by atoms with Crippen molar-refractivity contribution in [2.75, 3.05) is 56.0 Å². The van der Waals surface area contributed by atoms with Crippen LogP contribution in [0.5, 0.6) is 28.7 Å². The van der Waals surface area contributed by atoms with E-state index in [1.807, 2.05) is 98.8 Å². The molecule has 0 saturated carbocycles. The molecule has 0 unspecified atom stereocenters. The van der Waals surface area contributed by atoms with Crippen LogP contribution in [0.2, 0.25) is 5.02 Å². The zero-order chi connectivity index (χ0) is 82.4. The van der Waals surface area contributed by atoms with Crippen LogP contribution in [0.3, 0.4) is 0 Å². The Balaban J connectivity index is 0.000000102. The molecule has 0 saturated heterocycles. The number of aryl methyl sites for hydroxylation is 3. The molecule has 22 heteroatoms. The van der Waals surface area contributed by atoms with E-state index in [9.17, 15) is 43.2 Å². The van der Waals surface area contributed by atoms with Crippen LogP contribution in [0.4, 0.5) is 0 Å². The highest BCUT2D eigenvalue weighted by Gasteiger charge is 2.29. The number of thioether (sulfide) groups is 4. The van der Waals surface area contributed by atoms with Crippen molar-refractivity contribution in [3.8, 4) is 28.7 Å². The predicted octanol–water partition coefficient (Wildman–Crippen LogP) is 23.7. The normalized spacial score (nSPS) is 15.7. The Hall–Kier alpha value is -11.0. The van der Waals surface area contributed by atoms with Crippen LogP contribution in [-0.4, -0.2) is 113 Å².